The van der Waals surface area contributed by atoms with Gasteiger partial charge in [-0.1, -0.05) is 37.8 Å². The molecular weight excluding hydrogens is 395 g/mol. The van der Waals surface area contributed by atoms with Gasteiger partial charge in [-0.15, -0.1) is 0 Å². The number of carbonyl (C=O) groups excluding carboxylic acids is 1. The van der Waals surface area contributed by atoms with Gasteiger partial charge in [-0.05, 0) is 48.2 Å². The van der Waals surface area contributed by atoms with E-state index in [2.05, 4.69) is 10.1 Å². The Labute approximate surface area is 174 Å². The van der Waals surface area contributed by atoms with Gasteiger partial charge in [0.2, 0.25) is 0 Å². The van der Waals surface area contributed by atoms with Crippen molar-refractivity contribution in [3.8, 4) is 5.75 Å². The van der Waals surface area contributed by atoms with E-state index in [4.69, 9.17) is 4.74 Å². The quantitative estimate of drug-likeness (QED) is 0.526. The fourth-order valence-corrected chi connectivity index (χ4v) is 3.69. The first-order valence-corrected chi connectivity index (χ1v) is 10.1. The van der Waals surface area contributed by atoms with Gasteiger partial charge < -0.3 is 14.8 Å². The number of halogens is 3. The number of benzene rings is 2. The molecule has 0 atom stereocenters. The maximum absolute atomic E-state index is 13.2. The first-order valence-electron chi connectivity index (χ1n) is 10.1. The lowest BCUT2D eigenvalue weighted by atomic mass is 10.0. The molecule has 1 saturated carbocycles. The Balaban J connectivity index is 1.68. The Kier molecular flexibility index (Phi) is 7.24. The third-order valence-electron chi connectivity index (χ3n) is 5.42. The number of esters is 1. The molecule has 0 heterocycles. The highest BCUT2D eigenvalue weighted by atomic mass is 19.4. The fraction of sp³-hybridized carbons (Fsp3) is 0.435. The summed E-state index contributed by atoms with van der Waals surface area (Å²) in [5, 5.41) is 3.23. The second-order valence-corrected chi connectivity index (χ2v) is 7.55. The van der Waals surface area contributed by atoms with Gasteiger partial charge in [-0.2, -0.15) is 13.2 Å². The highest BCUT2D eigenvalue weighted by molar-refractivity contribution is 5.89. The van der Waals surface area contributed by atoms with Gasteiger partial charge in [0.15, 0.2) is 0 Å². The van der Waals surface area contributed by atoms with Crippen LogP contribution >= 0.6 is 0 Å². The van der Waals surface area contributed by atoms with Crippen molar-refractivity contribution in [2.75, 3.05) is 19.0 Å². The standard InChI is InChI=1S/C23H26F3NO3/c1-29-22(28)18-8-6-17(7-9-18)15-30-21-14-19(23(24,25)26)10-11-20(21)27-13-12-16-4-2-3-5-16/h6-11,14,16,27H,2-5,12-13,15H2,1H3. The van der Waals surface area contributed by atoms with Crippen molar-refractivity contribution in [2.45, 2.75) is 44.9 Å². The minimum atomic E-state index is -4.44. The molecule has 0 saturated heterocycles. The van der Waals surface area contributed by atoms with Gasteiger partial charge in [0.05, 0.1) is 23.9 Å². The fourth-order valence-electron chi connectivity index (χ4n) is 3.69. The molecular formula is C23H26F3NO3. The molecule has 0 aliphatic heterocycles. The lowest BCUT2D eigenvalue weighted by Gasteiger charge is -2.17. The number of rotatable bonds is 8. The summed E-state index contributed by atoms with van der Waals surface area (Å²) in [5.74, 6) is 0.395. The van der Waals surface area contributed by atoms with Crippen LogP contribution in [0.3, 0.4) is 0 Å². The monoisotopic (exact) mass is 421 g/mol. The molecule has 2 aromatic rings. The Bertz CT molecular complexity index is 844. The van der Waals surface area contributed by atoms with Crippen LogP contribution in [0, 0.1) is 5.92 Å². The third kappa shape index (κ3) is 5.90. The van der Waals surface area contributed by atoms with Crippen LogP contribution in [-0.2, 0) is 17.5 Å². The molecule has 0 spiro atoms. The third-order valence-corrected chi connectivity index (χ3v) is 5.42. The molecule has 0 unspecified atom stereocenters. The van der Waals surface area contributed by atoms with Gasteiger partial charge in [0, 0.05) is 6.54 Å². The SMILES string of the molecule is COC(=O)c1ccc(COc2cc(C(F)(F)F)ccc2NCCC2CCCC2)cc1. The van der Waals surface area contributed by atoms with E-state index in [1.54, 1.807) is 24.3 Å². The number of hydrogen-bond acceptors (Lipinski definition) is 4. The zero-order chi connectivity index (χ0) is 21.6. The van der Waals surface area contributed by atoms with Crippen LogP contribution in [0.15, 0.2) is 42.5 Å². The minimum Gasteiger partial charge on any atom is -0.487 e. The van der Waals surface area contributed by atoms with Crippen LogP contribution in [-0.4, -0.2) is 19.6 Å². The van der Waals surface area contributed by atoms with Gasteiger partial charge in [0.25, 0.3) is 0 Å². The van der Waals surface area contributed by atoms with E-state index < -0.39 is 17.7 Å². The molecule has 4 nitrogen and oxygen atoms in total. The molecule has 0 radical (unpaired) electrons. The smallest absolute Gasteiger partial charge is 0.416 e. The number of alkyl halides is 3. The molecule has 1 N–H and O–H groups in total. The molecule has 2 aromatic carbocycles. The summed E-state index contributed by atoms with van der Waals surface area (Å²) in [6.45, 7) is 0.778. The van der Waals surface area contributed by atoms with E-state index in [-0.39, 0.29) is 12.4 Å². The molecule has 1 aliphatic rings. The van der Waals surface area contributed by atoms with Crippen LogP contribution in [0.4, 0.5) is 18.9 Å². The molecule has 0 bridgehead atoms. The van der Waals surface area contributed by atoms with Gasteiger partial charge >= 0.3 is 12.1 Å². The molecule has 162 valence electrons. The summed E-state index contributed by atoms with van der Waals surface area (Å²) in [6, 6.07) is 10.1. The van der Waals surface area contributed by atoms with E-state index in [0.29, 0.717) is 23.7 Å². The summed E-state index contributed by atoms with van der Waals surface area (Å²) < 4.78 is 49.8. The van der Waals surface area contributed by atoms with Crippen LogP contribution in [0.5, 0.6) is 5.75 Å². The Morgan fingerprint density at radius 1 is 1.10 bits per heavy atom. The van der Waals surface area contributed by atoms with Crippen LogP contribution < -0.4 is 10.1 Å². The Hall–Kier alpha value is -2.70. The van der Waals surface area contributed by atoms with Crippen LogP contribution in [0.1, 0.15) is 53.6 Å². The summed E-state index contributed by atoms with van der Waals surface area (Å²) in [5.41, 5.74) is 0.929. The molecule has 7 heteroatoms. The van der Waals surface area contributed by atoms with Crippen molar-refractivity contribution in [1.29, 1.82) is 0 Å². The lowest BCUT2D eigenvalue weighted by Crippen LogP contribution is -2.10. The number of ether oxygens (including phenoxy) is 2. The average molecular weight is 421 g/mol. The largest absolute Gasteiger partial charge is 0.487 e. The van der Waals surface area contributed by atoms with E-state index in [1.165, 1.54) is 38.9 Å². The lowest BCUT2D eigenvalue weighted by molar-refractivity contribution is -0.137. The van der Waals surface area contributed by atoms with E-state index in [1.807, 2.05) is 0 Å². The number of hydrogen-bond donors (Lipinski definition) is 1. The topological polar surface area (TPSA) is 47.6 Å². The number of carbonyl (C=O) groups is 1. The molecule has 0 aromatic heterocycles. The Morgan fingerprint density at radius 3 is 2.43 bits per heavy atom. The van der Waals surface area contributed by atoms with Crippen molar-refractivity contribution in [1.82, 2.24) is 0 Å². The zero-order valence-electron chi connectivity index (χ0n) is 16.9. The van der Waals surface area contributed by atoms with E-state index in [9.17, 15) is 18.0 Å². The highest BCUT2D eigenvalue weighted by Crippen LogP contribution is 2.36. The van der Waals surface area contributed by atoms with Gasteiger partial charge in [-0.25, -0.2) is 4.79 Å². The second kappa shape index (κ2) is 9.87. The minimum absolute atomic E-state index is 0.0834. The summed E-state index contributed by atoms with van der Waals surface area (Å²) >= 11 is 0. The normalized spacial score (nSPS) is 14.5. The molecule has 3 rings (SSSR count). The average Bonchev–Trinajstić information content (AvgIpc) is 3.25. The van der Waals surface area contributed by atoms with Crippen LogP contribution in [0.2, 0.25) is 0 Å². The maximum Gasteiger partial charge on any atom is 0.416 e. The van der Waals surface area contributed by atoms with E-state index >= 15 is 0 Å². The molecule has 0 amide bonds. The maximum atomic E-state index is 13.2. The summed E-state index contributed by atoms with van der Waals surface area (Å²) in [6.07, 6.45) is 1.51. The van der Waals surface area contributed by atoms with Crippen molar-refractivity contribution in [3.63, 3.8) is 0 Å². The summed E-state index contributed by atoms with van der Waals surface area (Å²) in [4.78, 5) is 11.5. The van der Waals surface area contributed by atoms with Crippen LogP contribution in [0.25, 0.3) is 0 Å². The Morgan fingerprint density at radius 2 is 1.80 bits per heavy atom. The molecule has 1 fully saturated rings. The van der Waals surface area contributed by atoms with Gasteiger partial charge in [-0.3, -0.25) is 0 Å². The van der Waals surface area contributed by atoms with Gasteiger partial charge in [0.1, 0.15) is 12.4 Å². The van der Waals surface area contributed by atoms with Crippen molar-refractivity contribution < 1.29 is 27.4 Å². The van der Waals surface area contributed by atoms with Crippen molar-refractivity contribution >= 4 is 11.7 Å². The number of methoxy groups -OCH3 is 1. The predicted octanol–water partition coefficient (Wildman–Crippen LogP) is 6.06. The predicted molar refractivity (Wildman–Crippen MR) is 109 cm³/mol. The van der Waals surface area contributed by atoms with E-state index in [0.717, 1.165) is 24.1 Å². The molecule has 30 heavy (non-hydrogen) atoms. The number of anilines is 1. The molecule has 1 aliphatic carbocycles. The highest BCUT2D eigenvalue weighted by Gasteiger charge is 2.31. The zero-order valence-corrected chi connectivity index (χ0v) is 16.9. The first kappa shape index (κ1) is 22.0. The second-order valence-electron chi connectivity index (χ2n) is 7.55. The first-order chi connectivity index (χ1) is 14.4. The van der Waals surface area contributed by atoms with Crippen molar-refractivity contribution in [2.24, 2.45) is 5.92 Å². The summed E-state index contributed by atoms with van der Waals surface area (Å²) in [7, 11) is 1.30. The number of nitrogens with one attached hydrogen (secondary N) is 1. The van der Waals surface area contributed by atoms with Crippen molar-refractivity contribution in [3.05, 3.63) is 59.2 Å².